The Balaban J connectivity index is 1.83. The Bertz CT molecular complexity index is 753. The van der Waals surface area contributed by atoms with Crippen molar-refractivity contribution in [3.05, 3.63) is 15.9 Å². The van der Waals surface area contributed by atoms with Crippen LogP contribution in [0.5, 0.6) is 0 Å². The van der Waals surface area contributed by atoms with Gasteiger partial charge in [-0.25, -0.2) is 21.1 Å². The van der Waals surface area contributed by atoms with Crippen LogP contribution in [0.1, 0.15) is 6.42 Å². The summed E-state index contributed by atoms with van der Waals surface area (Å²) in [6.07, 6.45) is 0.547. The number of thiophene rings is 1. The van der Waals surface area contributed by atoms with Crippen molar-refractivity contribution in [2.24, 2.45) is 0 Å². The second kappa shape index (κ2) is 8.11. The SMILES string of the molecule is CN(C)S(=O)(=O)CCCN1CCN(S(=O)(=O)c2ccc(Br)s2)CC1. The quantitative estimate of drug-likeness (QED) is 0.609. The molecule has 1 aliphatic heterocycles. The first-order valence-corrected chi connectivity index (χ1v) is 12.2. The molecule has 0 N–H and O–H groups in total. The zero-order valence-corrected chi connectivity index (χ0v) is 17.7. The lowest BCUT2D eigenvalue weighted by Crippen LogP contribution is -2.48. The van der Waals surface area contributed by atoms with Crippen LogP contribution in [0.15, 0.2) is 20.1 Å². The highest BCUT2D eigenvalue weighted by atomic mass is 79.9. The molecule has 2 rings (SSSR count). The van der Waals surface area contributed by atoms with Crippen LogP contribution in [0.25, 0.3) is 0 Å². The van der Waals surface area contributed by atoms with Gasteiger partial charge in [0.1, 0.15) is 4.21 Å². The molecule has 138 valence electrons. The molecule has 0 aliphatic carbocycles. The maximum absolute atomic E-state index is 12.5. The molecule has 0 aromatic carbocycles. The molecule has 1 saturated heterocycles. The molecule has 1 aliphatic rings. The Labute approximate surface area is 156 Å². The Kier molecular flexibility index (Phi) is 6.85. The number of sulfonamides is 2. The van der Waals surface area contributed by atoms with Gasteiger partial charge in [-0.05, 0) is 41.0 Å². The van der Waals surface area contributed by atoms with Crippen molar-refractivity contribution in [1.29, 1.82) is 0 Å². The number of halogens is 1. The maximum Gasteiger partial charge on any atom is 0.252 e. The maximum atomic E-state index is 12.5. The molecule has 1 fully saturated rings. The zero-order chi connectivity index (χ0) is 18.0. The van der Waals surface area contributed by atoms with E-state index in [9.17, 15) is 16.8 Å². The molecule has 1 aromatic heterocycles. The molecule has 1 aromatic rings. The third-order valence-corrected chi connectivity index (χ3v) is 9.81. The normalized spacial score (nSPS) is 18.3. The van der Waals surface area contributed by atoms with Crippen LogP contribution in [0.2, 0.25) is 0 Å². The number of rotatable bonds is 7. The summed E-state index contributed by atoms with van der Waals surface area (Å²) in [6, 6.07) is 3.35. The fourth-order valence-electron chi connectivity index (χ4n) is 2.41. The van der Waals surface area contributed by atoms with Crippen LogP contribution in [0, 0.1) is 0 Å². The van der Waals surface area contributed by atoms with Gasteiger partial charge in [0.05, 0.1) is 9.54 Å². The molecule has 0 bridgehead atoms. The molecular formula is C13H22BrN3O4S3. The van der Waals surface area contributed by atoms with Crippen LogP contribution in [0.4, 0.5) is 0 Å². The van der Waals surface area contributed by atoms with E-state index in [1.165, 1.54) is 34.0 Å². The highest BCUT2D eigenvalue weighted by Crippen LogP contribution is 2.28. The smallest absolute Gasteiger partial charge is 0.252 e. The lowest BCUT2D eigenvalue weighted by Gasteiger charge is -2.33. The van der Waals surface area contributed by atoms with Crippen LogP contribution >= 0.6 is 27.3 Å². The standard InChI is InChI=1S/C13H22BrN3O4S3/c1-15(2)23(18,19)11-3-6-16-7-9-17(10-8-16)24(20,21)13-5-4-12(14)22-13/h4-5H,3,6-11H2,1-2H3. The average Bonchev–Trinajstić information content (AvgIpc) is 2.95. The largest absolute Gasteiger partial charge is 0.301 e. The van der Waals surface area contributed by atoms with Crippen molar-refractivity contribution in [2.75, 3.05) is 52.6 Å². The molecule has 0 spiro atoms. The van der Waals surface area contributed by atoms with Gasteiger partial charge >= 0.3 is 0 Å². The van der Waals surface area contributed by atoms with Gasteiger partial charge in [0.2, 0.25) is 10.0 Å². The lowest BCUT2D eigenvalue weighted by molar-refractivity contribution is 0.189. The van der Waals surface area contributed by atoms with E-state index in [1.807, 2.05) is 0 Å². The minimum Gasteiger partial charge on any atom is -0.301 e. The summed E-state index contributed by atoms with van der Waals surface area (Å²) in [5.74, 6) is 0.113. The topological polar surface area (TPSA) is 78.0 Å². The number of piperazine rings is 1. The van der Waals surface area contributed by atoms with Gasteiger partial charge in [0.15, 0.2) is 0 Å². The van der Waals surface area contributed by atoms with E-state index in [2.05, 4.69) is 20.8 Å². The van der Waals surface area contributed by atoms with Crippen LogP contribution in [-0.2, 0) is 20.0 Å². The van der Waals surface area contributed by atoms with E-state index in [-0.39, 0.29) is 5.75 Å². The lowest BCUT2D eigenvalue weighted by atomic mass is 10.3. The van der Waals surface area contributed by atoms with Crippen molar-refractivity contribution < 1.29 is 16.8 Å². The number of nitrogens with zero attached hydrogens (tertiary/aromatic N) is 3. The molecule has 24 heavy (non-hydrogen) atoms. The first-order valence-electron chi connectivity index (χ1n) is 7.51. The summed E-state index contributed by atoms with van der Waals surface area (Å²) in [7, 11) is -3.54. The first kappa shape index (κ1) is 20.3. The Morgan fingerprint density at radius 3 is 2.25 bits per heavy atom. The van der Waals surface area contributed by atoms with Gasteiger partial charge in [-0.15, -0.1) is 11.3 Å². The van der Waals surface area contributed by atoms with E-state index in [0.717, 1.165) is 3.79 Å². The molecule has 0 saturated carbocycles. The number of hydrogen-bond donors (Lipinski definition) is 0. The van der Waals surface area contributed by atoms with Gasteiger partial charge < -0.3 is 4.90 Å². The Morgan fingerprint density at radius 1 is 1.12 bits per heavy atom. The fourth-order valence-corrected chi connectivity index (χ4v) is 6.86. The molecule has 0 radical (unpaired) electrons. The summed E-state index contributed by atoms with van der Waals surface area (Å²) in [4.78, 5) is 2.11. The monoisotopic (exact) mass is 459 g/mol. The van der Waals surface area contributed by atoms with Crippen molar-refractivity contribution in [3.8, 4) is 0 Å². The second-order valence-electron chi connectivity index (χ2n) is 5.76. The molecule has 0 atom stereocenters. The molecular weight excluding hydrogens is 438 g/mol. The molecule has 7 nitrogen and oxygen atoms in total. The van der Waals surface area contributed by atoms with Crippen LogP contribution in [0.3, 0.4) is 0 Å². The predicted molar refractivity (Wildman–Crippen MR) is 99.3 cm³/mol. The summed E-state index contributed by atoms with van der Waals surface area (Å²) in [6.45, 7) is 2.75. The van der Waals surface area contributed by atoms with E-state index in [1.54, 1.807) is 12.1 Å². The van der Waals surface area contributed by atoms with Gasteiger partial charge in [-0.3, -0.25) is 0 Å². The van der Waals surface area contributed by atoms with E-state index < -0.39 is 20.0 Å². The van der Waals surface area contributed by atoms with Gasteiger partial charge in [-0.1, -0.05) is 0 Å². The van der Waals surface area contributed by atoms with Gasteiger partial charge in [0, 0.05) is 40.3 Å². The number of hydrogen-bond acceptors (Lipinski definition) is 6. The Morgan fingerprint density at radius 2 is 1.75 bits per heavy atom. The summed E-state index contributed by atoms with van der Waals surface area (Å²) in [5.41, 5.74) is 0. The third kappa shape index (κ3) is 4.99. The predicted octanol–water partition coefficient (Wildman–Crippen LogP) is 1.10. The van der Waals surface area contributed by atoms with Gasteiger partial charge in [-0.2, -0.15) is 4.31 Å². The first-order chi connectivity index (χ1) is 11.1. The molecule has 11 heteroatoms. The molecule has 0 amide bonds. The van der Waals surface area contributed by atoms with E-state index >= 15 is 0 Å². The Hall–Kier alpha value is -0.0400. The van der Waals surface area contributed by atoms with Crippen molar-refractivity contribution >= 4 is 47.3 Å². The highest BCUT2D eigenvalue weighted by molar-refractivity contribution is 9.11. The summed E-state index contributed by atoms with van der Waals surface area (Å²) >= 11 is 4.50. The minimum atomic E-state index is -3.43. The van der Waals surface area contributed by atoms with E-state index in [4.69, 9.17) is 0 Å². The van der Waals surface area contributed by atoms with Crippen molar-refractivity contribution in [3.63, 3.8) is 0 Å². The average molecular weight is 460 g/mol. The van der Waals surface area contributed by atoms with Crippen LogP contribution < -0.4 is 0 Å². The fraction of sp³-hybridized carbons (Fsp3) is 0.692. The minimum absolute atomic E-state index is 0.113. The second-order valence-corrected chi connectivity index (χ2v) is 12.7. The highest BCUT2D eigenvalue weighted by Gasteiger charge is 2.29. The third-order valence-electron chi connectivity index (χ3n) is 3.91. The van der Waals surface area contributed by atoms with Crippen LogP contribution in [-0.4, -0.2) is 82.9 Å². The summed E-state index contributed by atoms with van der Waals surface area (Å²) < 4.78 is 52.4. The summed E-state index contributed by atoms with van der Waals surface area (Å²) in [5, 5.41) is 0. The van der Waals surface area contributed by atoms with Crippen molar-refractivity contribution in [2.45, 2.75) is 10.6 Å². The molecule has 0 unspecified atom stereocenters. The van der Waals surface area contributed by atoms with E-state index in [0.29, 0.717) is 43.4 Å². The zero-order valence-electron chi connectivity index (χ0n) is 13.7. The van der Waals surface area contributed by atoms with Gasteiger partial charge in [0.25, 0.3) is 10.0 Å². The molecule has 2 heterocycles. The van der Waals surface area contributed by atoms with Crippen molar-refractivity contribution in [1.82, 2.24) is 13.5 Å².